The van der Waals surface area contributed by atoms with Gasteiger partial charge in [-0.1, -0.05) is 17.7 Å². The van der Waals surface area contributed by atoms with Crippen LogP contribution in [0.1, 0.15) is 32.6 Å². The van der Waals surface area contributed by atoms with Crippen LogP contribution in [-0.4, -0.2) is 10.8 Å². The highest BCUT2D eigenvalue weighted by Crippen LogP contribution is 2.22. The number of aromatic nitrogens is 1. The van der Waals surface area contributed by atoms with E-state index in [1.54, 1.807) is 17.5 Å². The quantitative estimate of drug-likeness (QED) is 0.658. The van der Waals surface area contributed by atoms with Gasteiger partial charge in [0.25, 0.3) is 0 Å². The second kappa shape index (κ2) is 5.41. The minimum atomic E-state index is 0.132. The molecule has 2 heterocycles. The van der Waals surface area contributed by atoms with Crippen LogP contribution in [0.2, 0.25) is 0 Å². The lowest BCUT2D eigenvalue weighted by Gasteiger charge is -2.10. The van der Waals surface area contributed by atoms with Crippen LogP contribution in [0.25, 0.3) is 10.2 Å². The molecule has 3 rings (SSSR count). The zero-order valence-electron chi connectivity index (χ0n) is 12.4. The van der Waals surface area contributed by atoms with Gasteiger partial charge in [0.05, 0.1) is 10.2 Å². The molecule has 21 heavy (non-hydrogen) atoms. The molecule has 0 aliphatic heterocycles. The summed E-state index contributed by atoms with van der Waals surface area (Å²) in [5.74, 6) is 0.132. The summed E-state index contributed by atoms with van der Waals surface area (Å²) in [5.41, 5.74) is 6.40. The molecule has 0 bridgehead atoms. The summed E-state index contributed by atoms with van der Waals surface area (Å²) >= 11 is 1.62. The smallest absolute Gasteiger partial charge is 0.168 e. The molecule has 0 atom stereocenters. The van der Waals surface area contributed by atoms with Crippen molar-refractivity contribution in [2.24, 2.45) is 0 Å². The highest BCUT2D eigenvalue weighted by atomic mass is 32.1. The minimum Gasteiger partial charge on any atom is -0.294 e. The van der Waals surface area contributed by atoms with E-state index in [9.17, 15) is 4.79 Å². The van der Waals surface area contributed by atoms with Crippen molar-refractivity contribution in [1.82, 2.24) is 4.98 Å². The summed E-state index contributed by atoms with van der Waals surface area (Å²) in [6.07, 6.45) is 2.13. The lowest BCUT2D eigenvalue weighted by atomic mass is 9.94. The number of carbonyl (C=O) groups is 1. The molecule has 0 radical (unpaired) electrons. The zero-order valence-corrected chi connectivity index (χ0v) is 13.3. The number of aryl methyl sites for hydroxylation is 3. The molecule has 0 saturated heterocycles. The molecule has 3 aromatic rings. The van der Waals surface area contributed by atoms with Crippen LogP contribution in [0, 0.1) is 20.8 Å². The normalized spacial score (nSPS) is 11.0. The zero-order chi connectivity index (χ0) is 15.0. The first kappa shape index (κ1) is 14.0. The summed E-state index contributed by atoms with van der Waals surface area (Å²) in [6, 6.07) is 8.20. The Morgan fingerprint density at radius 1 is 1.14 bits per heavy atom. The van der Waals surface area contributed by atoms with Crippen LogP contribution < -0.4 is 0 Å². The lowest BCUT2D eigenvalue weighted by molar-refractivity contribution is 0.0992. The van der Waals surface area contributed by atoms with Gasteiger partial charge in [-0.05, 0) is 55.0 Å². The van der Waals surface area contributed by atoms with Crippen molar-refractivity contribution in [3.63, 3.8) is 0 Å². The average molecular weight is 295 g/mol. The van der Waals surface area contributed by atoms with Crippen LogP contribution in [0.3, 0.4) is 0 Å². The van der Waals surface area contributed by atoms with Gasteiger partial charge >= 0.3 is 0 Å². The van der Waals surface area contributed by atoms with Gasteiger partial charge in [-0.2, -0.15) is 0 Å². The molecule has 0 amide bonds. The number of nitrogens with zero attached hydrogens (tertiary/aromatic N) is 1. The highest BCUT2D eigenvalue weighted by molar-refractivity contribution is 7.17. The van der Waals surface area contributed by atoms with Gasteiger partial charge in [-0.25, -0.2) is 0 Å². The number of pyridine rings is 1. The van der Waals surface area contributed by atoms with Crippen LogP contribution in [0.4, 0.5) is 0 Å². The Labute approximate surface area is 128 Å². The van der Waals surface area contributed by atoms with Gasteiger partial charge in [0, 0.05) is 18.2 Å². The minimum absolute atomic E-state index is 0.132. The van der Waals surface area contributed by atoms with Crippen LogP contribution in [-0.2, 0) is 6.42 Å². The van der Waals surface area contributed by atoms with Gasteiger partial charge in [0.2, 0.25) is 0 Å². The molecule has 3 heteroatoms. The van der Waals surface area contributed by atoms with E-state index in [1.807, 2.05) is 17.5 Å². The van der Waals surface area contributed by atoms with E-state index in [4.69, 9.17) is 0 Å². The Kier molecular flexibility index (Phi) is 3.60. The summed E-state index contributed by atoms with van der Waals surface area (Å²) in [7, 11) is 0. The molecular formula is C18H17NOS. The van der Waals surface area contributed by atoms with Crippen molar-refractivity contribution >= 4 is 27.3 Å². The summed E-state index contributed by atoms with van der Waals surface area (Å²) in [6.45, 7) is 6.23. The maximum absolute atomic E-state index is 12.5. The molecule has 0 aliphatic rings. The molecule has 0 spiro atoms. The average Bonchev–Trinajstić information content (AvgIpc) is 2.89. The maximum atomic E-state index is 12.5. The van der Waals surface area contributed by atoms with Gasteiger partial charge in [-0.3, -0.25) is 9.78 Å². The molecule has 1 aromatic carbocycles. The Morgan fingerprint density at radius 3 is 2.57 bits per heavy atom. The second-order valence-corrected chi connectivity index (χ2v) is 6.45. The third-order valence-corrected chi connectivity index (χ3v) is 4.66. The van der Waals surface area contributed by atoms with Crippen molar-refractivity contribution in [2.75, 3.05) is 0 Å². The Hall–Kier alpha value is -2.00. The standard InChI is InChI=1S/C18H17NOS/c1-11-6-12(2)15(13(3)7-11)9-17(20)14-8-18-16(19-10-14)4-5-21-18/h4-8,10H,9H2,1-3H3. The molecule has 2 nitrogen and oxygen atoms in total. The first-order valence-corrected chi connectivity index (χ1v) is 7.86. The Balaban J connectivity index is 1.92. The van der Waals surface area contributed by atoms with Gasteiger partial charge in [-0.15, -0.1) is 11.3 Å². The lowest BCUT2D eigenvalue weighted by Crippen LogP contribution is -2.07. The van der Waals surface area contributed by atoms with E-state index in [1.165, 1.54) is 16.7 Å². The third kappa shape index (κ3) is 2.74. The molecular weight excluding hydrogens is 278 g/mol. The number of benzene rings is 1. The third-order valence-electron chi connectivity index (χ3n) is 3.80. The van der Waals surface area contributed by atoms with E-state index >= 15 is 0 Å². The fraction of sp³-hybridized carbons (Fsp3) is 0.222. The van der Waals surface area contributed by atoms with E-state index in [-0.39, 0.29) is 5.78 Å². The number of carbonyl (C=O) groups excluding carboxylic acids is 1. The second-order valence-electron chi connectivity index (χ2n) is 5.51. The number of rotatable bonds is 3. The predicted molar refractivity (Wildman–Crippen MR) is 88.3 cm³/mol. The van der Waals surface area contributed by atoms with Crippen LogP contribution >= 0.6 is 11.3 Å². The van der Waals surface area contributed by atoms with E-state index in [2.05, 4.69) is 37.9 Å². The molecule has 2 aromatic heterocycles. The SMILES string of the molecule is Cc1cc(C)c(CC(=O)c2cnc3ccsc3c2)c(C)c1. The van der Waals surface area contributed by atoms with Crippen molar-refractivity contribution in [1.29, 1.82) is 0 Å². The van der Waals surface area contributed by atoms with Crippen molar-refractivity contribution in [3.8, 4) is 0 Å². The van der Waals surface area contributed by atoms with E-state index in [0.29, 0.717) is 12.0 Å². The van der Waals surface area contributed by atoms with E-state index < -0.39 is 0 Å². The topological polar surface area (TPSA) is 30.0 Å². The van der Waals surface area contributed by atoms with Gasteiger partial charge < -0.3 is 0 Å². The molecule has 106 valence electrons. The monoisotopic (exact) mass is 295 g/mol. The molecule has 0 N–H and O–H groups in total. The number of hydrogen-bond acceptors (Lipinski definition) is 3. The maximum Gasteiger partial charge on any atom is 0.168 e. The van der Waals surface area contributed by atoms with Crippen LogP contribution in [0.5, 0.6) is 0 Å². The van der Waals surface area contributed by atoms with Crippen molar-refractivity contribution < 1.29 is 4.79 Å². The molecule has 0 unspecified atom stereocenters. The number of thiophene rings is 1. The largest absolute Gasteiger partial charge is 0.294 e. The number of Topliss-reactive ketones (excluding diaryl/α,β-unsaturated/α-hetero) is 1. The fourth-order valence-corrected chi connectivity index (χ4v) is 3.53. The number of ketones is 1. The summed E-state index contributed by atoms with van der Waals surface area (Å²) < 4.78 is 1.07. The highest BCUT2D eigenvalue weighted by Gasteiger charge is 2.12. The van der Waals surface area contributed by atoms with Gasteiger partial charge in [0.1, 0.15) is 0 Å². The van der Waals surface area contributed by atoms with Crippen LogP contribution in [0.15, 0.2) is 35.8 Å². The summed E-state index contributed by atoms with van der Waals surface area (Å²) in [4.78, 5) is 16.9. The van der Waals surface area contributed by atoms with Crippen molar-refractivity contribution in [3.05, 3.63) is 63.7 Å². The molecule has 0 aliphatic carbocycles. The Bertz CT molecular complexity index is 809. The summed E-state index contributed by atoms with van der Waals surface area (Å²) in [5, 5.41) is 2.00. The number of fused-ring (bicyclic) bond motifs is 1. The molecule has 0 fully saturated rings. The number of hydrogen-bond donors (Lipinski definition) is 0. The van der Waals surface area contributed by atoms with Crippen molar-refractivity contribution in [2.45, 2.75) is 27.2 Å². The predicted octanol–water partition coefficient (Wildman–Crippen LogP) is 4.65. The fourth-order valence-electron chi connectivity index (χ4n) is 2.75. The first-order valence-electron chi connectivity index (χ1n) is 6.98. The Morgan fingerprint density at radius 2 is 1.86 bits per heavy atom. The first-order chi connectivity index (χ1) is 10.0. The molecule has 0 saturated carbocycles. The van der Waals surface area contributed by atoms with Gasteiger partial charge in [0.15, 0.2) is 5.78 Å². The van der Waals surface area contributed by atoms with E-state index in [0.717, 1.165) is 15.8 Å².